The molecule has 1 aliphatic heterocycles. The summed E-state index contributed by atoms with van der Waals surface area (Å²) in [5.74, 6) is -2.44. The Labute approximate surface area is 192 Å². The monoisotopic (exact) mass is 479 g/mol. The summed E-state index contributed by atoms with van der Waals surface area (Å²) in [6.45, 7) is 5.97. The van der Waals surface area contributed by atoms with Crippen molar-refractivity contribution in [1.29, 1.82) is 0 Å². The van der Waals surface area contributed by atoms with Gasteiger partial charge in [0, 0.05) is 31.7 Å². The van der Waals surface area contributed by atoms with E-state index in [4.69, 9.17) is 0 Å². The number of nitrogens with one attached hydrogen (secondary N) is 1. The minimum Gasteiger partial charge on any atom is -0.366 e. The maximum atomic E-state index is 14.5. The van der Waals surface area contributed by atoms with Crippen LogP contribution in [0.1, 0.15) is 31.1 Å². The van der Waals surface area contributed by atoms with Crippen LogP contribution in [0, 0.1) is 17.6 Å². The number of rotatable bonds is 7. The lowest BCUT2D eigenvalue weighted by molar-refractivity contribution is -0.134. The number of hydrogen-bond donors (Lipinski definition) is 1. The van der Waals surface area contributed by atoms with Crippen molar-refractivity contribution in [2.45, 2.75) is 31.7 Å². The zero-order valence-corrected chi connectivity index (χ0v) is 19.5. The molecule has 1 fully saturated rings. The Morgan fingerprint density at radius 1 is 0.970 bits per heavy atom. The van der Waals surface area contributed by atoms with Gasteiger partial charge >= 0.3 is 0 Å². The van der Waals surface area contributed by atoms with E-state index in [1.807, 2.05) is 0 Å². The molecule has 178 valence electrons. The van der Waals surface area contributed by atoms with Crippen LogP contribution in [0.2, 0.25) is 0 Å². The van der Waals surface area contributed by atoms with E-state index in [9.17, 15) is 26.8 Å². The highest BCUT2D eigenvalue weighted by molar-refractivity contribution is 7.89. The summed E-state index contributed by atoms with van der Waals surface area (Å²) in [6.07, 6.45) is 0. The fourth-order valence-corrected chi connectivity index (χ4v) is 5.13. The number of ketones is 1. The molecule has 1 saturated heterocycles. The highest BCUT2D eigenvalue weighted by Crippen LogP contribution is 2.23. The Balaban J connectivity index is 1.70. The number of halogens is 2. The molecule has 33 heavy (non-hydrogen) atoms. The highest BCUT2D eigenvalue weighted by Gasteiger charge is 2.34. The largest absolute Gasteiger partial charge is 0.366 e. The van der Waals surface area contributed by atoms with Crippen LogP contribution in [0.3, 0.4) is 0 Å². The lowest BCUT2D eigenvalue weighted by Gasteiger charge is -2.38. The van der Waals surface area contributed by atoms with Crippen molar-refractivity contribution in [2.24, 2.45) is 5.92 Å². The van der Waals surface area contributed by atoms with E-state index in [-0.39, 0.29) is 30.4 Å². The summed E-state index contributed by atoms with van der Waals surface area (Å²) < 4.78 is 56.3. The van der Waals surface area contributed by atoms with Gasteiger partial charge in [-0.05, 0) is 43.2 Å². The molecule has 1 heterocycles. The van der Waals surface area contributed by atoms with Crippen LogP contribution in [-0.2, 0) is 14.8 Å². The van der Waals surface area contributed by atoms with Gasteiger partial charge in [0.25, 0.3) is 0 Å². The van der Waals surface area contributed by atoms with Crippen LogP contribution < -0.4 is 9.62 Å². The van der Waals surface area contributed by atoms with Gasteiger partial charge < -0.3 is 9.80 Å². The number of benzene rings is 2. The fraction of sp³-hybridized carbons (Fsp3) is 0.391. The van der Waals surface area contributed by atoms with Crippen molar-refractivity contribution in [2.75, 3.05) is 31.1 Å². The van der Waals surface area contributed by atoms with Crippen LogP contribution in [0.25, 0.3) is 0 Å². The molecule has 10 heteroatoms. The molecule has 1 aliphatic rings. The molecule has 3 rings (SSSR count). The average Bonchev–Trinajstić information content (AvgIpc) is 2.77. The normalized spacial score (nSPS) is 15.6. The minimum atomic E-state index is -4.25. The third-order valence-corrected chi connectivity index (χ3v) is 7.10. The molecule has 1 atom stereocenters. The molecule has 7 nitrogen and oxygen atoms in total. The van der Waals surface area contributed by atoms with Crippen molar-refractivity contribution < 1.29 is 26.8 Å². The van der Waals surface area contributed by atoms with Crippen molar-refractivity contribution in [3.63, 3.8) is 0 Å². The summed E-state index contributed by atoms with van der Waals surface area (Å²) in [4.78, 5) is 27.4. The molecule has 0 bridgehead atoms. The number of sulfonamides is 1. The topological polar surface area (TPSA) is 86.8 Å². The number of anilines is 1. The number of piperazine rings is 1. The Hall–Kier alpha value is -2.85. The smallest absolute Gasteiger partial charge is 0.244 e. The van der Waals surface area contributed by atoms with Crippen LogP contribution in [0.5, 0.6) is 0 Å². The first-order valence-electron chi connectivity index (χ1n) is 10.6. The van der Waals surface area contributed by atoms with Gasteiger partial charge in [0.2, 0.25) is 15.9 Å². The molecule has 2 aromatic carbocycles. The number of amides is 1. The maximum absolute atomic E-state index is 14.5. The average molecular weight is 480 g/mol. The molecule has 0 spiro atoms. The first kappa shape index (κ1) is 24.8. The number of Topliss-reactive ketones (excluding diaryl/α,β-unsaturated/α-hetero) is 1. The second-order valence-corrected chi connectivity index (χ2v) is 9.99. The molecular weight excluding hydrogens is 452 g/mol. The lowest BCUT2D eigenvalue weighted by atomic mass is 10.0. The van der Waals surface area contributed by atoms with E-state index in [0.29, 0.717) is 18.8 Å². The second-order valence-electron chi connectivity index (χ2n) is 8.31. The van der Waals surface area contributed by atoms with Gasteiger partial charge in [0.05, 0.1) is 5.69 Å². The Morgan fingerprint density at radius 3 is 2.15 bits per heavy atom. The Bertz CT molecular complexity index is 1150. The van der Waals surface area contributed by atoms with E-state index < -0.39 is 38.5 Å². The standard InChI is InChI=1S/C23H27F2N3O4S/c1-15(2)22(26-33(31,32)21-7-5-4-6-18(21)24)23(30)28-12-10-27(11-13-28)20-9-8-17(16(3)29)14-19(20)25/h4-9,14-15,22,26H,10-13H2,1-3H3/t22-/m0/s1. The molecule has 0 aliphatic carbocycles. The zero-order valence-electron chi connectivity index (χ0n) is 18.7. The lowest BCUT2D eigenvalue weighted by Crippen LogP contribution is -2.56. The molecule has 0 radical (unpaired) electrons. The molecule has 1 amide bonds. The quantitative estimate of drug-likeness (QED) is 0.618. The van der Waals surface area contributed by atoms with Gasteiger partial charge in [-0.3, -0.25) is 9.59 Å². The van der Waals surface area contributed by atoms with Gasteiger partial charge in [-0.1, -0.05) is 26.0 Å². The van der Waals surface area contributed by atoms with Crippen LogP contribution >= 0.6 is 0 Å². The minimum absolute atomic E-state index is 0.228. The van der Waals surface area contributed by atoms with Crippen molar-refractivity contribution in [1.82, 2.24) is 9.62 Å². The first-order valence-corrected chi connectivity index (χ1v) is 12.1. The van der Waals surface area contributed by atoms with E-state index in [1.54, 1.807) is 30.9 Å². The highest BCUT2D eigenvalue weighted by atomic mass is 32.2. The summed E-state index contributed by atoms with van der Waals surface area (Å²) >= 11 is 0. The number of carbonyl (C=O) groups is 2. The summed E-state index contributed by atoms with van der Waals surface area (Å²) in [6, 6.07) is 8.20. The molecule has 1 N–H and O–H groups in total. The predicted octanol–water partition coefficient (Wildman–Crippen LogP) is 2.82. The van der Waals surface area contributed by atoms with Crippen molar-refractivity contribution in [3.8, 4) is 0 Å². The third kappa shape index (κ3) is 5.56. The Kier molecular flexibility index (Phi) is 7.48. The van der Waals surface area contributed by atoms with Crippen molar-refractivity contribution in [3.05, 3.63) is 59.7 Å². The maximum Gasteiger partial charge on any atom is 0.244 e. The van der Waals surface area contributed by atoms with Gasteiger partial charge in [-0.2, -0.15) is 4.72 Å². The SMILES string of the molecule is CC(=O)c1ccc(N2CCN(C(=O)[C@@H](NS(=O)(=O)c3ccccc3F)C(C)C)CC2)c(F)c1. The molecule has 0 aromatic heterocycles. The van der Waals surface area contributed by atoms with Crippen LogP contribution in [-0.4, -0.2) is 57.2 Å². The predicted molar refractivity (Wildman–Crippen MR) is 121 cm³/mol. The van der Waals surface area contributed by atoms with Crippen LogP contribution in [0.4, 0.5) is 14.5 Å². The van der Waals surface area contributed by atoms with E-state index >= 15 is 0 Å². The molecular formula is C23H27F2N3O4S. The summed E-state index contributed by atoms with van der Waals surface area (Å²) in [5.41, 5.74) is 0.625. The fourth-order valence-electron chi connectivity index (χ4n) is 3.71. The summed E-state index contributed by atoms with van der Waals surface area (Å²) in [5, 5.41) is 0. The van der Waals surface area contributed by atoms with E-state index in [2.05, 4.69) is 4.72 Å². The van der Waals surface area contributed by atoms with Crippen molar-refractivity contribution >= 4 is 27.4 Å². The van der Waals surface area contributed by atoms with Gasteiger partial charge in [0.15, 0.2) is 5.78 Å². The first-order chi connectivity index (χ1) is 15.5. The Morgan fingerprint density at radius 2 is 1.61 bits per heavy atom. The van der Waals surface area contributed by atoms with Gasteiger partial charge in [0.1, 0.15) is 22.6 Å². The van der Waals surface area contributed by atoms with Gasteiger partial charge in [-0.15, -0.1) is 0 Å². The molecule has 0 unspecified atom stereocenters. The van der Waals surface area contributed by atoms with Crippen LogP contribution in [0.15, 0.2) is 47.4 Å². The third-order valence-electron chi connectivity index (χ3n) is 5.63. The molecule has 2 aromatic rings. The zero-order chi connectivity index (χ0) is 24.3. The number of carbonyl (C=O) groups excluding carboxylic acids is 2. The molecule has 0 saturated carbocycles. The number of nitrogens with zero attached hydrogens (tertiary/aromatic N) is 2. The second kappa shape index (κ2) is 9.96. The van der Waals surface area contributed by atoms with E-state index in [0.717, 1.165) is 12.1 Å². The summed E-state index contributed by atoms with van der Waals surface area (Å²) in [7, 11) is -4.25. The van der Waals surface area contributed by atoms with Gasteiger partial charge in [-0.25, -0.2) is 17.2 Å². The van der Waals surface area contributed by atoms with E-state index in [1.165, 1.54) is 30.0 Å². The number of hydrogen-bond acceptors (Lipinski definition) is 5.